The van der Waals surface area contributed by atoms with E-state index in [1.165, 1.54) is 12.1 Å². The summed E-state index contributed by atoms with van der Waals surface area (Å²) in [6.45, 7) is 4.89. The first-order chi connectivity index (χ1) is 15.9. The van der Waals surface area contributed by atoms with Crippen LogP contribution >= 0.6 is 46.4 Å². The molecule has 0 aliphatic heterocycles. The lowest BCUT2D eigenvalue weighted by Crippen LogP contribution is -2.38. The first kappa shape index (κ1) is 26.8. The second kappa shape index (κ2) is 10.9. The van der Waals surface area contributed by atoms with E-state index in [1.807, 2.05) is 6.92 Å². The van der Waals surface area contributed by atoms with Crippen molar-refractivity contribution in [1.82, 2.24) is 4.31 Å². The first-order valence-corrected chi connectivity index (χ1v) is 13.1. The first-order valence-electron chi connectivity index (χ1n) is 10.2. The number of sulfonamides is 1. The lowest BCUT2D eigenvalue weighted by molar-refractivity contribution is -0.116. The van der Waals surface area contributed by atoms with Crippen LogP contribution in [0.3, 0.4) is 0 Å². The van der Waals surface area contributed by atoms with Crippen molar-refractivity contribution in [1.29, 1.82) is 0 Å². The molecule has 0 aromatic heterocycles. The predicted octanol–water partition coefficient (Wildman–Crippen LogP) is 7.06. The van der Waals surface area contributed by atoms with Crippen LogP contribution in [0.25, 0.3) is 0 Å². The summed E-state index contributed by atoms with van der Waals surface area (Å²) in [7, 11) is -4.04. The van der Waals surface area contributed by atoms with Gasteiger partial charge in [0.2, 0.25) is 15.9 Å². The molecule has 0 saturated carbocycles. The van der Waals surface area contributed by atoms with Gasteiger partial charge in [-0.15, -0.1) is 0 Å². The third-order valence-electron chi connectivity index (χ3n) is 5.08. The molecule has 0 bridgehead atoms. The fourth-order valence-corrected chi connectivity index (χ4v) is 6.21. The lowest BCUT2D eigenvalue weighted by Gasteiger charge is -2.24. The zero-order valence-electron chi connectivity index (χ0n) is 18.6. The third-order valence-corrected chi connectivity index (χ3v) is 8.46. The quantitative estimate of drug-likeness (QED) is 0.315. The van der Waals surface area contributed by atoms with Crippen LogP contribution in [0.1, 0.15) is 22.3 Å². The zero-order valence-corrected chi connectivity index (χ0v) is 22.5. The van der Waals surface area contributed by atoms with E-state index in [1.54, 1.807) is 50.2 Å². The summed E-state index contributed by atoms with van der Waals surface area (Å²) in [6, 6.07) is 13.2. The Labute approximate surface area is 219 Å². The molecule has 3 aromatic carbocycles. The maximum atomic E-state index is 13.8. The molecule has 180 valence electrons. The highest BCUT2D eigenvalue weighted by atomic mass is 35.5. The molecule has 3 rings (SSSR count). The molecule has 0 heterocycles. The van der Waals surface area contributed by atoms with Crippen molar-refractivity contribution in [2.45, 2.75) is 32.2 Å². The molecule has 10 heteroatoms. The van der Waals surface area contributed by atoms with Gasteiger partial charge in [0.05, 0.1) is 32.2 Å². The van der Waals surface area contributed by atoms with E-state index in [0.717, 1.165) is 9.87 Å². The van der Waals surface area contributed by atoms with Crippen molar-refractivity contribution in [3.8, 4) is 0 Å². The Morgan fingerprint density at radius 2 is 1.41 bits per heavy atom. The smallest absolute Gasteiger partial charge is 0.244 e. The molecular formula is C24H22Cl4N2O3S. The van der Waals surface area contributed by atoms with E-state index in [-0.39, 0.29) is 32.2 Å². The van der Waals surface area contributed by atoms with E-state index in [0.29, 0.717) is 21.7 Å². The number of carbonyl (C=O) groups excluding carboxylic acids is 1. The van der Waals surface area contributed by atoms with Crippen molar-refractivity contribution >= 4 is 68.0 Å². The fraction of sp³-hybridized carbons (Fsp3) is 0.208. The van der Waals surface area contributed by atoms with E-state index in [4.69, 9.17) is 46.4 Å². The minimum atomic E-state index is -4.04. The van der Waals surface area contributed by atoms with E-state index >= 15 is 0 Å². The molecule has 0 aliphatic rings. The van der Waals surface area contributed by atoms with Crippen LogP contribution in [0.4, 0.5) is 5.69 Å². The number of nitrogens with one attached hydrogen (secondary N) is 1. The minimum Gasteiger partial charge on any atom is -0.324 e. The van der Waals surface area contributed by atoms with E-state index in [2.05, 4.69) is 5.32 Å². The highest BCUT2D eigenvalue weighted by Gasteiger charge is 2.30. The number of halogens is 4. The van der Waals surface area contributed by atoms with Crippen molar-refractivity contribution in [2.24, 2.45) is 0 Å². The summed E-state index contributed by atoms with van der Waals surface area (Å²) in [5.74, 6) is -0.583. The van der Waals surface area contributed by atoms with Gasteiger partial charge in [-0.25, -0.2) is 8.42 Å². The molecule has 0 radical (unpaired) electrons. The van der Waals surface area contributed by atoms with E-state index in [9.17, 15) is 13.2 Å². The molecule has 0 unspecified atom stereocenters. The average molecular weight is 560 g/mol. The Hall–Kier alpha value is -1.80. The normalized spacial score (nSPS) is 11.6. The lowest BCUT2D eigenvalue weighted by atomic mass is 10.1. The Balaban J connectivity index is 1.98. The molecule has 0 aliphatic carbocycles. The number of hydrogen-bond donors (Lipinski definition) is 1. The van der Waals surface area contributed by atoms with Crippen LogP contribution in [-0.4, -0.2) is 25.2 Å². The molecule has 1 N–H and O–H groups in total. The summed E-state index contributed by atoms with van der Waals surface area (Å²) in [6.07, 6.45) is 0. The molecule has 0 atom stereocenters. The summed E-state index contributed by atoms with van der Waals surface area (Å²) >= 11 is 24.1. The topological polar surface area (TPSA) is 66.5 Å². The summed E-state index contributed by atoms with van der Waals surface area (Å²) in [5, 5.41) is 3.77. The van der Waals surface area contributed by atoms with Crippen molar-refractivity contribution in [3.63, 3.8) is 0 Å². The van der Waals surface area contributed by atoms with Crippen LogP contribution in [-0.2, 0) is 21.4 Å². The van der Waals surface area contributed by atoms with Crippen molar-refractivity contribution in [3.05, 3.63) is 90.9 Å². The number of aryl methyl sites for hydroxylation is 3. The molecule has 0 fully saturated rings. The molecule has 0 saturated heterocycles. The van der Waals surface area contributed by atoms with Gasteiger partial charge in [-0.3, -0.25) is 4.79 Å². The highest BCUT2D eigenvalue weighted by molar-refractivity contribution is 7.89. The maximum absolute atomic E-state index is 13.8. The molecular weight excluding hydrogens is 538 g/mol. The third kappa shape index (κ3) is 6.25. The largest absolute Gasteiger partial charge is 0.324 e. The van der Waals surface area contributed by atoms with Gasteiger partial charge in [-0.1, -0.05) is 76.2 Å². The van der Waals surface area contributed by atoms with Gasteiger partial charge in [0, 0.05) is 11.6 Å². The monoisotopic (exact) mass is 558 g/mol. The Morgan fingerprint density at radius 1 is 0.853 bits per heavy atom. The SMILES string of the molecule is Cc1cc(C)c(S(=O)(=O)N(CC(=O)Nc2cc(Cl)c(Cl)cc2Cl)Cc2ccc(Cl)cc2)c(C)c1. The highest BCUT2D eigenvalue weighted by Crippen LogP contribution is 2.32. The zero-order chi connectivity index (χ0) is 25.2. The number of hydrogen-bond acceptors (Lipinski definition) is 3. The van der Waals surface area contributed by atoms with Crippen LogP contribution in [0.5, 0.6) is 0 Å². The number of rotatable bonds is 7. The van der Waals surface area contributed by atoms with Gasteiger partial charge in [-0.2, -0.15) is 4.31 Å². The van der Waals surface area contributed by atoms with Crippen LogP contribution < -0.4 is 5.32 Å². The second-order valence-electron chi connectivity index (χ2n) is 7.92. The number of nitrogens with zero attached hydrogens (tertiary/aromatic N) is 1. The van der Waals surface area contributed by atoms with Gasteiger partial charge in [0.25, 0.3) is 0 Å². The van der Waals surface area contributed by atoms with Crippen molar-refractivity contribution < 1.29 is 13.2 Å². The van der Waals surface area contributed by atoms with E-state index < -0.39 is 22.5 Å². The Kier molecular flexibility index (Phi) is 8.56. The molecule has 3 aromatic rings. The van der Waals surface area contributed by atoms with Gasteiger partial charge in [-0.05, 0) is 61.7 Å². The second-order valence-corrected chi connectivity index (χ2v) is 11.5. The summed E-state index contributed by atoms with van der Waals surface area (Å²) in [4.78, 5) is 13.1. The minimum absolute atomic E-state index is 0.0330. The van der Waals surface area contributed by atoms with Crippen LogP contribution in [0, 0.1) is 20.8 Å². The maximum Gasteiger partial charge on any atom is 0.244 e. The summed E-state index contributed by atoms with van der Waals surface area (Å²) < 4.78 is 28.7. The summed E-state index contributed by atoms with van der Waals surface area (Å²) in [5.41, 5.74) is 3.06. The van der Waals surface area contributed by atoms with Gasteiger partial charge in [0.1, 0.15) is 0 Å². The van der Waals surface area contributed by atoms with Gasteiger partial charge >= 0.3 is 0 Å². The standard InChI is InChI=1S/C24H22Cl4N2O3S/c1-14-8-15(2)24(16(3)9-14)34(32,33)30(12-17-4-6-18(25)7-5-17)13-23(31)29-22-11-20(27)19(26)10-21(22)28/h4-11H,12-13H2,1-3H3,(H,29,31). The number of amides is 1. The number of anilines is 1. The number of benzene rings is 3. The molecule has 34 heavy (non-hydrogen) atoms. The fourth-order valence-electron chi connectivity index (χ4n) is 3.69. The molecule has 5 nitrogen and oxygen atoms in total. The van der Waals surface area contributed by atoms with Gasteiger partial charge in [0.15, 0.2) is 0 Å². The Bertz CT molecular complexity index is 1320. The predicted molar refractivity (Wildman–Crippen MR) is 140 cm³/mol. The van der Waals surface area contributed by atoms with Crippen LogP contribution in [0.2, 0.25) is 20.1 Å². The van der Waals surface area contributed by atoms with Crippen molar-refractivity contribution in [2.75, 3.05) is 11.9 Å². The molecule has 0 spiro atoms. The Morgan fingerprint density at radius 3 is 2.00 bits per heavy atom. The number of carbonyl (C=O) groups is 1. The average Bonchev–Trinajstić information content (AvgIpc) is 2.72. The van der Waals surface area contributed by atoms with Gasteiger partial charge < -0.3 is 5.32 Å². The molecule has 1 amide bonds. The van der Waals surface area contributed by atoms with Crippen LogP contribution in [0.15, 0.2) is 53.4 Å².